The fraction of sp³-hybridized carbons (Fsp3) is 0.708. The zero-order valence-electron chi connectivity index (χ0n) is 20.7. The van der Waals surface area contributed by atoms with Gasteiger partial charge in [0.15, 0.2) is 0 Å². The minimum atomic E-state index is -3.47. The van der Waals surface area contributed by atoms with Crippen molar-refractivity contribution in [3.05, 3.63) is 24.0 Å². The van der Waals surface area contributed by atoms with Gasteiger partial charge in [0.05, 0.1) is 34.7 Å². The molecule has 0 saturated carbocycles. The summed E-state index contributed by atoms with van der Waals surface area (Å²) in [5, 5.41) is 0. The molecule has 1 aromatic carbocycles. The summed E-state index contributed by atoms with van der Waals surface area (Å²) in [4.78, 5) is 10.2. The molecule has 0 spiro atoms. The number of hydrogen-bond donors (Lipinski definition) is 0. The Hall–Kier alpha value is -1.52. The maximum atomic E-state index is 12.5. The molecular weight excluding hydrogens is 438 g/mol. The summed E-state index contributed by atoms with van der Waals surface area (Å²) in [5.41, 5.74) is 1.75. The lowest BCUT2D eigenvalue weighted by molar-refractivity contribution is -0.0732. The van der Waals surface area contributed by atoms with Gasteiger partial charge in [0.1, 0.15) is 5.82 Å². The van der Waals surface area contributed by atoms with E-state index in [-0.39, 0.29) is 0 Å². The van der Waals surface area contributed by atoms with Gasteiger partial charge in [-0.3, -0.25) is 9.80 Å². The summed E-state index contributed by atoms with van der Waals surface area (Å²) in [6, 6.07) is 5.29. The quantitative estimate of drug-likeness (QED) is 0.611. The van der Waals surface area contributed by atoms with Gasteiger partial charge in [-0.05, 0) is 70.8 Å². The predicted molar refractivity (Wildman–Crippen MR) is 131 cm³/mol. The molecular formula is C24H39N5O3S. The molecule has 2 aromatic rings. The van der Waals surface area contributed by atoms with Crippen LogP contribution in [0.15, 0.2) is 23.1 Å². The summed E-state index contributed by atoms with van der Waals surface area (Å²) in [6.45, 7) is 13.5. The van der Waals surface area contributed by atoms with Crippen LogP contribution in [0.1, 0.15) is 39.4 Å². The molecule has 0 bridgehead atoms. The van der Waals surface area contributed by atoms with E-state index in [9.17, 15) is 8.42 Å². The standard InChI is InChI=1S/C24H39N5O3S/c1-6-29-23-8-7-21(33(30,31)26(4)5)13-22(23)25-24(29)17-27-11-9-20(10-12-27)16-28-14-18(2)32-19(3)15-28/h7-8,13,18-20H,6,9-12,14-17H2,1-5H3. The molecule has 3 heterocycles. The molecule has 0 N–H and O–H groups in total. The molecule has 0 radical (unpaired) electrons. The van der Waals surface area contributed by atoms with E-state index in [1.165, 1.54) is 23.7 Å². The van der Waals surface area contributed by atoms with E-state index >= 15 is 0 Å². The molecule has 0 amide bonds. The van der Waals surface area contributed by atoms with Gasteiger partial charge in [0, 0.05) is 40.3 Å². The molecule has 2 aliphatic rings. The Bertz CT molecular complexity index is 1050. The number of likely N-dealkylation sites (tertiary alicyclic amines) is 1. The molecule has 184 valence electrons. The van der Waals surface area contributed by atoms with Gasteiger partial charge in [-0.2, -0.15) is 0 Å². The number of nitrogens with zero attached hydrogens (tertiary/aromatic N) is 5. The lowest BCUT2D eigenvalue weighted by Crippen LogP contribution is -2.48. The first-order valence-corrected chi connectivity index (χ1v) is 13.6. The average molecular weight is 478 g/mol. The van der Waals surface area contributed by atoms with Crippen LogP contribution in [0.3, 0.4) is 0 Å². The maximum Gasteiger partial charge on any atom is 0.242 e. The highest BCUT2D eigenvalue weighted by molar-refractivity contribution is 7.89. The normalized spacial score (nSPS) is 24.2. The van der Waals surface area contributed by atoms with E-state index in [2.05, 4.69) is 35.1 Å². The predicted octanol–water partition coefficient (Wildman–Crippen LogP) is 2.63. The topological polar surface area (TPSA) is 70.9 Å². The highest BCUT2D eigenvalue weighted by Crippen LogP contribution is 2.25. The molecule has 2 aliphatic heterocycles. The first-order chi connectivity index (χ1) is 15.7. The van der Waals surface area contributed by atoms with Crippen molar-refractivity contribution in [2.24, 2.45) is 5.92 Å². The van der Waals surface area contributed by atoms with E-state index < -0.39 is 10.0 Å². The SMILES string of the molecule is CCn1c(CN2CCC(CN3CC(C)OC(C)C3)CC2)nc2cc(S(=O)(=O)N(C)C)ccc21. The second-order valence-electron chi connectivity index (χ2n) is 9.91. The van der Waals surface area contributed by atoms with Crippen LogP contribution in [0.5, 0.6) is 0 Å². The van der Waals surface area contributed by atoms with Crippen molar-refractivity contribution in [1.82, 2.24) is 23.7 Å². The first kappa shape index (κ1) is 24.6. The first-order valence-electron chi connectivity index (χ1n) is 12.2. The van der Waals surface area contributed by atoms with E-state index in [1.807, 2.05) is 6.07 Å². The molecule has 2 fully saturated rings. The summed E-state index contributed by atoms with van der Waals surface area (Å²) in [6.07, 6.45) is 3.06. The van der Waals surface area contributed by atoms with Gasteiger partial charge in [0.25, 0.3) is 0 Å². The fourth-order valence-corrected chi connectivity index (χ4v) is 6.25. The largest absolute Gasteiger partial charge is 0.373 e. The number of sulfonamides is 1. The van der Waals surface area contributed by atoms with Gasteiger partial charge < -0.3 is 9.30 Å². The Balaban J connectivity index is 1.41. The number of rotatable bonds is 7. The third-order valence-corrected chi connectivity index (χ3v) is 8.79. The molecule has 4 rings (SSSR count). The summed E-state index contributed by atoms with van der Waals surface area (Å²) in [5.74, 6) is 1.75. The maximum absolute atomic E-state index is 12.5. The number of morpholine rings is 1. The minimum Gasteiger partial charge on any atom is -0.373 e. The zero-order chi connectivity index (χ0) is 23.8. The van der Waals surface area contributed by atoms with Crippen molar-refractivity contribution in [1.29, 1.82) is 0 Å². The summed E-state index contributed by atoms with van der Waals surface area (Å²) >= 11 is 0. The molecule has 2 unspecified atom stereocenters. The number of aryl methyl sites for hydroxylation is 1. The monoisotopic (exact) mass is 477 g/mol. The van der Waals surface area contributed by atoms with E-state index in [4.69, 9.17) is 9.72 Å². The van der Waals surface area contributed by atoms with E-state index in [0.717, 1.165) is 62.0 Å². The molecule has 0 aliphatic carbocycles. The van der Waals surface area contributed by atoms with Crippen molar-refractivity contribution in [3.63, 3.8) is 0 Å². The Labute approximate surface area is 198 Å². The highest BCUT2D eigenvalue weighted by Gasteiger charge is 2.27. The van der Waals surface area contributed by atoms with Crippen molar-refractivity contribution in [3.8, 4) is 0 Å². The molecule has 2 saturated heterocycles. The van der Waals surface area contributed by atoms with Crippen molar-refractivity contribution >= 4 is 21.1 Å². The number of fused-ring (bicyclic) bond motifs is 1. The van der Waals surface area contributed by atoms with Crippen molar-refractivity contribution in [2.75, 3.05) is 46.8 Å². The van der Waals surface area contributed by atoms with Crippen molar-refractivity contribution in [2.45, 2.75) is 63.8 Å². The Morgan fingerprint density at radius 1 is 1.09 bits per heavy atom. The lowest BCUT2D eigenvalue weighted by Gasteiger charge is -2.39. The van der Waals surface area contributed by atoms with Crippen LogP contribution in [-0.4, -0.2) is 91.1 Å². The third-order valence-electron chi connectivity index (χ3n) is 6.98. The smallest absolute Gasteiger partial charge is 0.242 e. The van der Waals surface area contributed by atoms with Gasteiger partial charge in [0.2, 0.25) is 10.0 Å². The van der Waals surface area contributed by atoms with E-state index in [1.54, 1.807) is 26.2 Å². The van der Waals surface area contributed by atoms with Crippen LogP contribution >= 0.6 is 0 Å². The van der Waals surface area contributed by atoms with Gasteiger partial charge in [-0.15, -0.1) is 0 Å². The van der Waals surface area contributed by atoms with Crippen LogP contribution in [0.25, 0.3) is 11.0 Å². The van der Waals surface area contributed by atoms with Gasteiger partial charge >= 0.3 is 0 Å². The second kappa shape index (κ2) is 10.00. The van der Waals surface area contributed by atoms with Crippen LogP contribution in [0.4, 0.5) is 0 Å². The molecule has 1 aromatic heterocycles. The molecule has 33 heavy (non-hydrogen) atoms. The second-order valence-corrected chi connectivity index (χ2v) is 12.1. The lowest BCUT2D eigenvalue weighted by atomic mass is 9.95. The number of ether oxygens (including phenoxy) is 1. The van der Waals surface area contributed by atoms with Crippen molar-refractivity contribution < 1.29 is 13.2 Å². The van der Waals surface area contributed by atoms with E-state index in [0.29, 0.717) is 17.1 Å². The summed E-state index contributed by atoms with van der Waals surface area (Å²) < 4.78 is 34.4. The van der Waals surface area contributed by atoms with Crippen LogP contribution in [0, 0.1) is 5.92 Å². The minimum absolute atomic E-state index is 0.292. The van der Waals surface area contributed by atoms with Crippen LogP contribution in [-0.2, 0) is 27.8 Å². The van der Waals surface area contributed by atoms with Gasteiger partial charge in [-0.25, -0.2) is 17.7 Å². The van der Waals surface area contributed by atoms with Crippen LogP contribution in [0.2, 0.25) is 0 Å². The highest BCUT2D eigenvalue weighted by atomic mass is 32.2. The Morgan fingerprint density at radius 3 is 2.36 bits per heavy atom. The zero-order valence-corrected chi connectivity index (χ0v) is 21.5. The van der Waals surface area contributed by atoms with Crippen LogP contribution < -0.4 is 0 Å². The molecule has 8 nitrogen and oxygen atoms in total. The molecule has 2 atom stereocenters. The third kappa shape index (κ3) is 5.43. The molecule has 9 heteroatoms. The number of benzene rings is 1. The average Bonchev–Trinajstić information content (AvgIpc) is 3.10. The number of piperidine rings is 1. The summed E-state index contributed by atoms with van der Waals surface area (Å²) in [7, 11) is -0.359. The Kier molecular flexibility index (Phi) is 7.45. The fourth-order valence-electron chi connectivity index (χ4n) is 5.33. The number of imidazole rings is 1. The Morgan fingerprint density at radius 2 is 1.76 bits per heavy atom. The number of aromatic nitrogens is 2. The van der Waals surface area contributed by atoms with Gasteiger partial charge in [-0.1, -0.05) is 0 Å². The number of hydrogen-bond acceptors (Lipinski definition) is 6.